The Hall–Kier alpha value is -1.60. The summed E-state index contributed by atoms with van der Waals surface area (Å²) in [7, 11) is 1.70. The van der Waals surface area contributed by atoms with Gasteiger partial charge < -0.3 is 10.1 Å². The van der Waals surface area contributed by atoms with Crippen molar-refractivity contribution in [3.63, 3.8) is 0 Å². The SMILES string of the molecule is CCOc1ccc(C(NC)c2cnc(C(F)(F)F)s2)cc1. The van der Waals surface area contributed by atoms with Crippen molar-refractivity contribution in [2.24, 2.45) is 0 Å². The third kappa shape index (κ3) is 3.74. The highest BCUT2D eigenvalue weighted by Crippen LogP contribution is 2.36. The molecule has 0 fully saturated rings. The second-order valence-corrected chi connectivity index (χ2v) is 5.35. The molecule has 0 saturated heterocycles. The van der Waals surface area contributed by atoms with Gasteiger partial charge in [0, 0.05) is 11.1 Å². The highest BCUT2D eigenvalue weighted by Gasteiger charge is 2.35. The number of nitrogens with zero attached hydrogens (tertiary/aromatic N) is 1. The monoisotopic (exact) mass is 316 g/mol. The highest BCUT2D eigenvalue weighted by atomic mass is 32.1. The average molecular weight is 316 g/mol. The molecular formula is C14H15F3N2OS. The van der Waals surface area contributed by atoms with Gasteiger partial charge in [-0.05, 0) is 31.7 Å². The molecule has 0 bridgehead atoms. The molecule has 1 N–H and O–H groups in total. The normalized spacial score (nSPS) is 13.2. The van der Waals surface area contributed by atoms with Gasteiger partial charge in [-0.3, -0.25) is 0 Å². The van der Waals surface area contributed by atoms with E-state index in [-0.39, 0.29) is 6.04 Å². The van der Waals surface area contributed by atoms with E-state index in [1.54, 1.807) is 19.2 Å². The van der Waals surface area contributed by atoms with E-state index in [0.29, 0.717) is 22.8 Å². The van der Waals surface area contributed by atoms with Crippen LogP contribution in [0.1, 0.15) is 28.4 Å². The van der Waals surface area contributed by atoms with E-state index in [0.717, 1.165) is 11.3 Å². The van der Waals surface area contributed by atoms with Crippen molar-refractivity contribution in [3.05, 3.63) is 45.9 Å². The molecule has 0 aliphatic carbocycles. The lowest BCUT2D eigenvalue weighted by Crippen LogP contribution is -2.16. The molecule has 0 aliphatic rings. The maximum atomic E-state index is 12.6. The zero-order valence-electron chi connectivity index (χ0n) is 11.6. The molecule has 2 rings (SSSR count). The average Bonchev–Trinajstić information content (AvgIpc) is 2.91. The molecule has 1 aromatic heterocycles. The topological polar surface area (TPSA) is 34.1 Å². The Balaban J connectivity index is 2.24. The molecule has 0 radical (unpaired) electrons. The summed E-state index contributed by atoms with van der Waals surface area (Å²) >= 11 is 0.652. The minimum absolute atomic E-state index is 0.325. The van der Waals surface area contributed by atoms with Gasteiger partial charge in [-0.25, -0.2) is 4.98 Å². The van der Waals surface area contributed by atoms with Gasteiger partial charge in [0.15, 0.2) is 5.01 Å². The van der Waals surface area contributed by atoms with Crippen molar-refractivity contribution in [2.45, 2.75) is 19.1 Å². The van der Waals surface area contributed by atoms with Crippen molar-refractivity contribution < 1.29 is 17.9 Å². The van der Waals surface area contributed by atoms with Crippen molar-refractivity contribution in [3.8, 4) is 5.75 Å². The zero-order valence-corrected chi connectivity index (χ0v) is 12.4. The molecule has 3 nitrogen and oxygen atoms in total. The van der Waals surface area contributed by atoms with Crippen LogP contribution in [0.5, 0.6) is 5.75 Å². The first-order valence-electron chi connectivity index (χ1n) is 6.38. The van der Waals surface area contributed by atoms with E-state index < -0.39 is 11.2 Å². The van der Waals surface area contributed by atoms with Crippen LogP contribution < -0.4 is 10.1 Å². The Labute approximate surface area is 124 Å². The Morgan fingerprint density at radius 3 is 2.43 bits per heavy atom. The predicted molar refractivity (Wildman–Crippen MR) is 75.6 cm³/mol. The molecule has 0 spiro atoms. The molecule has 0 aliphatic heterocycles. The lowest BCUT2D eigenvalue weighted by atomic mass is 10.1. The van der Waals surface area contributed by atoms with Crippen LogP contribution in [0.3, 0.4) is 0 Å². The molecule has 7 heteroatoms. The molecule has 114 valence electrons. The fourth-order valence-electron chi connectivity index (χ4n) is 1.95. The number of nitrogens with one attached hydrogen (secondary N) is 1. The summed E-state index contributed by atoms with van der Waals surface area (Å²) in [5.74, 6) is 0.733. The summed E-state index contributed by atoms with van der Waals surface area (Å²) in [6.45, 7) is 2.46. The number of hydrogen-bond acceptors (Lipinski definition) is 4. The second-order valence-electron chi connectivity index (χ2n) is 4.29. The smallest absolute Gasteiger partial charge is 0.443 e. The predicted octanol–water partition coefficient (Wildman–Crippen LogP) is 3.87. The quantitative estimate of drug-likeness (QED) is 0.909. The van der Waals surface area contributed by atoms with Gasteiger partial charge >= 0.3 is 6.18 Å². The van der Waals surface area contributed by atoms with E-state index in [9.17, 15) is 13.2 Å². The number of aromatic nitrogens is 1. The molecule has 0 saturated carbocycles. The largest absolute Gasteiger partial charge is 0.494 e. The minimum Gasteiger partial charge on any atom is -0.494 e. The molecule has 1 heterocycles. The third-order valence-electron chi connectivity index (χ3n) is 2.86. The van der Waals surface area contributed by atoms with Crippen LogP contribution in [-0.2, 0) is 6.18 Å². The third-order valence-corrected chi connectivity index (χ3v) is 3.97. The summed E-state index contributed by atoms with van der Waals surface area (Å²) in [5.41, 5.74) is 0.860. The van der Waals surface area contributed by atoms with Gasteiger partial charge in [0.2, 0.25) is 0 Å². The maximum absolute atomic E-state index is 12.6. The van der Waals surface area contributed by atoms with Crippen molar-refractivity contribution in [1.82, 2.24) is 10.3 Å². The Morgan fingerprint density at radius 1 is 1.29 bits per heavy atom. The van der Waals surface area contributed by atoms with Gasteiger partial charge in [0.25, 0.3) is 0 Å². The Bertz CT molecular complexity index is 581. The van der Waals surface area contributed by atoms with Crippen LogP contribution in [0.25, 0.3) is 0 Å². The number of ether oxygens (including phenoxy) is 1. The van der Waals surface area contributed by atoms with Crippen LogP contribution >= 0.6 is 11.3 Å². The van der Waals surface area contributed by atoms with Crippen LogP contribution in [0, 0.1) is 0 Å². The summed E-state index contributed by atoms with van der Waals surface area (Å²) < 4.78 is 43.2. The molecule has 0 amide bonds. The van der Waals surface area contributed by atoms with Crippen LogP contribution in [-0.4, -0.2) is 18.6 Å². The number of hydrogen-bond donors (Lipinski definition) is 1. The van der Waals surface area contributed by atoms with Gasteiger partial charge in [0.05, 0.1) is 12.6 Å². The van der Waals surface area contributed by atoms with Crippen LogP contribution in [0.2, 0.25) is 0 Å². The van der Waals surface area contributed by atoms with E-state index in [1.807, 2.05) is 19.1 Å². The zero-order chi connectivity index (χ0) is 15.5. The fraction of sp³-hybridized carbons (Fsp3) is 0.357. The first-order valence-corrected chi connectivity index (χ1v) is 7.20. The summed E-state index contributed by atoms with van der Waals surface area (Å²) in [4.78, 5) is 3.98. The molecule has 1 aromatic carbocycles. The van der Waals surface area contributed by atoms with Gasteiger partial charge in [-0.2, -0.15) is 13.2 Å². The number of rotatable bonds is 5. The van der Waals surface area contributed by atoms with Gasteiger partial charge in [0.1, 0.15) is 5.75 Å². The lowest BCUT2D eigenvalue weighted by Gasteiger charge is -2.15. The molecular weight excluding hydrogens is 301 g/mol. The van der Waals surface area contributed by atoms with Crippen molar-refractivity contribution in [1.29, 1.82) is 0 Å². The van der Waals surface area contributed by atoms with Crippen LogP contribution in [0.4, 0.5) is 13.2 Å². The second kappa shape index (κ2) is 6.44. The first-order chi connectivity index (χ1) is 9.95. The molecule has 2 aromatic rings. The van der Waals surface area contributed by atoms with Gasteiger partial charge in [-0.1, -0.05) is 12.1 Å². The number of thiazole rings is 1. The van der Waals surface area contributed by atoms with Crippen molar-refractivity contribution in [2.75, 3.05) is 13.7 Å². The minimum atomic E-state index is -4.40. The number of benzene rings is 1. The Morgan fingerprint density at radius 2 is 1.95 bits per heavy atom. The number of alkyl halides is 3. The molecule has 1 unspecified atom stereocenters. The highest BCUT2D eigenvalue weighted by molar-refractivity contribution is 7.11. The fourth-order valence-corrected chi connectivity index (χ4v) is 2.87. The lowest BCUT2D eigenvalue weighted by molar-refractivity contribution is -0.137. The molecule has 21 heavy (non-hydrogen) atoms. The molecule has 1 atom stereocenters. The van der Waals surface area contributed by atoms with Gasteiger partial charge in [-0.15, -0.1) is 11.3 Å². The number of halogens is 3. The van der Waals surface area contributed by atoms with Crippen molar-refractivity contribution >= 4 is 11.3 Å². The summed E-state index contributed by atoms with van der Waals surface area (Å²) in [6.07, 6.45) is -3.13. The van der Waals surface area contributed by atoms with E-state index in [2.05, 4.69) is 10.3 Å². The summed E-state index contributed by atoms with van der Waals surface area (Å²) in [5, 5.41) is 2.18. The van der Waals surface area contributed by atoms with E-state index >= 15 is 0 Å². The van der Waals surface area contributed by atoms with Crippen LogP contribution in [0.15, 0.2) is 30.5 Å². The first kappa shape index (κ1) is 15.8. The standard InChI is InChI=1S/C14H15F3N2OS/c1-3-20-10-6-4-9(5-7-10)12(18-2)11-8-19-13(21-11)14(15,16)17/h4-8,12,18H,3H2,1-2H3. The Kier molecular flexibility index (Phi) is 4.84. The summed E-state index contributed by atoms with van der Waals surface area (Å²) in [6, 6.07) is 6.94. The van der Waals surface area contributed by atoms with E-state index in [1.165, 1.54) is 6.20 Å². The van der Waals surface area contributed by atoms with E-state index in [4.69, 9.17) is 4.74 Å². The maximum Gasteiger partial charge on any atom is 0.443 e.